The molecule has 0 radical (unpaired) electrons. The van der Waals surface area contributed by atoms with E-state index in [1.807, 2.05) is 26.4 Å². The van der Waals surface area contributed by atoms with Gasteiger partial charge in [-0.25, -0.2) is 0 Å². The van der Waals surface area contributed by atoms with Crippen LogP contribution in [0.25, 0.3) is 16.5 Å². The molecular formula is C24H23N3O. The number of nitrogens with one attached hydrogen (secondary N) is 1. The largest absolute Gasteiger partial charge is 0.378 e. The zero-order chi connectivity index (χ0) is 19.3. The summed E-state index contributed by atoms with van der Waals surface area (Å²) in [5, 5.41) is 4.79. The number of pyridine rings is 1. The summed E-state index contributed by atoms with van der Waals surface area (Å²) in [7, 11) is 4.07. The van der Waals surface area contributed by atoms with Crippen LogP contribution in [-0.2, 0) is 4.79 Å². The lowest BCUT2D eigenvalue weighted by Gasteiger charge is -2.35. The highest BCUT2D eigenvalue weighted by atomic mass is 16.1. The molecule has 0 saturated carbocycles. The van der Waals surface area contributed by atoms with Gasteiger partial charge in [-0.2, -0.15) is 0 Å². The van der Waals surface area contributed by atoms with Crippen molar-refractivity contribution in [3.8, 4) is 0 Å². The molecule has 2 heterocycles. The number of nitrogens with zero attached hydrogens (tertiary/aromatic N) is 2. The second-order valence-corrected chi connectivity index (χ2v) is 7.79. The smallest absolute Gasteiger partial charge is 0.161 e. The number of ketones is 1. The maximum Gasteiger partial charge on any atom is 0.161 e. The summed E-state index contributed by atoms with van der Waals surface area (Å²) in [5.74, 6) is 0.266. The van der Waals surface area contributed by atoms with Gasteiger partial charge in [-0.3, -0.25) is 9.78 Å². The molecule has 0 amide bonds. The molecule has 2 aromatic carbocycles. The van der Waals surface area contributed by atoms with Gasteiger partial charge in [-0.1, -0.05) is 18.2 Å². The molecule has 140 valence electrons. The third kappa shape index (κ3) is 2.60. The summed E-state index contributed by atoms with van der Waals surface area (Å²) in [6, 6.07) is 16.6. The lowest BCUT2D eigenvalue weighted by Crippen LogP contribution is -2.27. The van der Waals surface area contributed by atoms with E-state index in [0.29, 0.717) is 6.42 Å². The third-order valence-corrected chi connectivity index (χ3v) is 5.87. The van der Waals surface area contributed by atoms with Crippen LogP contribution >= 0.6 is 0 Å². The fourth-order valence-electron chi connectivity index (χ4n) is 4.50. The highest BCUT2D eigenvalue weighted by molar-refractivity contribution is 6.12. The van der Waals surface area contributed by atoms with Crippen molar-refractivity contribution >= 4 is 33.6 Å². The summed E-state index contributed by atoms with van der Waals surface area (Å²) in [5.41, 5.74) is 7.65. The third-order valence-electron chi connectivity index (χ3n) is 5.87. The fourth-order valence-corrected chi connectivity index (χ4v) is 4.50. The molecule has 4 heteroatoms. The Labute approximate surface area is 164 Å². The molecule has 1 N–H and O–H groups in total. The predicted octanol–water partition coefficient (Wildman–Crippen LogP) is 4.97. The molecule has 2 aliphatic rings. The highest BCUT2D eigenvalue weighted by Gasteiger charge is 2.34. The van der Waals surface area contributed by atoms with Gasteiger partial charge in [-0.15, -0.1) is 0 Å². The van der Waals surface area contributed by atoms with Gasteiger partial charge in [0, 0.05) is 54.6 Å². The molecule has 28 heavy (non-hydrogen) atoms. The number of hydrogen-bond acceptors (Lipinski definition) is 4. The molecule has 1 aliphatic carbocycles. The Balaban J connectivity index is 1.71. The van der Waals surface area contributed by atoms with Crippen LogP contribution in [0.3, 0.4) is 0 Å². The molecule has 0 unspecified atom stereocenters. The number of aromatic nitrogens is 1. The first-order valence-corrected chi connectivity index (χ1v) is 9.81. The van der Waals surface area contributed by atoms with Gasteiger partial charge in [0.05, 0.1) is 11.6 Å². The molecule has 4 nitrogen and oxygen atoms in total. The average Bonchev–Trinajstić information content (AvgIpc) is 2.73. The Morgan fingerprint density at radius 2 is 1.86 bits per heavy atom. The molecule has 1 aliphatic heterocycles. The summed E-state index contributed by atoms with van der Waals surface area (Å²) < 4.78 is 0. The lowest BCUT2D eigenvalue weighted by atomic mass is 9.77. The van der Waals surface area contributed by atoms with Crippen molar-refractivity contribution in [1.82, 2.24) is 4.98 Å². The van der Waals surface area contributed by atoms with E-state index in [-0.39, 0.29) is 11.8 Å². The summed E-state index contributed by atoms with van der Waals surface area (Å²) in [6.45, 7) is 0. The summed E-state index contributed by atoms with van der Waals surface area (Å²) in [4.78, 5) is 19.6. The van der Waals surface area contributed by atoms with E-state index in [4.69, 9.17) is 0 Å². The van der Waals surface area contributed by atoms with Gasteiger partial charge < -0.3 is 10.2 Å². The maximum absolute atomic E-state index is 13.0. The van der Waals surface area contributed by atoms with Crippen LogP contribution in [0.4, 0.5) is 11.4 Å². The number of rotatable bonds is 2. The van der Waals surface area contributed by atoms with Gasteiger partial charge in [-0.05, 0) is 54.3 Å². The van der Waals surface area contributed by atoms with Crippen LogP contribution in [0.1, 0.15) is 36.4 Å². The first kappa shape index (κ1) is 17.0. The first-order valence-electron chi connectivity index (χ1n) is 9.81. The summed E-state index contributed by atoms with van der Waals surface area (Å²) in [6.07, 6.45) is 4.31. The standard InChI is InChI=1S/C24H23N3O/c1-27(2)16-10-8-15(9-11-16)24-23-18(5-3-7-21(23)28)22-17-6-4-14-25-19(17)12-13-20(22)26-24/h4,6,8-14,24,26H,3,5,7H2,1-2H3/t24-/m0/s1. The Bertz CT molecular complexity index is 1110. The van der Waals surface area contributed by atoms with Crippen molar-refractivity contribution in [3.63, 3.8) is 0 Å². The zero-order valence-electron chi connectivity index (χ0n) is 16.2. The van der Waals surface area contributed by atoms with Crippen molar-refractivity contribution in [2.75, 3.05) is 24.3 Å². The number of hydrogen-bond donors (Lipinski definition) is 1. The van der Waals surface area contributed by atoms with E-state index < -0.39 is 0 Å². The van der Waals surface area contributed by atoms with Gasteiger partial charge in [0.25, 0.3) is 0 Å². The average molecular weight is 369 g/mol. The molecule has 0 saturated heterocycles. The SMILES string of the molecule is CN(C)c1ccc([C@@H]2Nc3ccc4ncccc4c3C3=C2C(=O)CCC3)cc1. The van der Waals surface area contributed by atoms with Crippen molar-refractivity contribution < 1.29 is 4.79 Å². The Morgan fingerprint density at radius 3 is 2.64 bits per heavy atom. The van der Waals surface area contributed by atoms with Crippen LogP contribution in [0, 0.1) is 0 Å². The minimum absolute atomic E-state index is 0.0966. The van der Waals surface area contributed by atoms with Crippen molar-refractivity contribution in [2.45, 2.75) is 25.3 Å². The minimum atomic E-state index is -0.0966. The minimum Gasteiger partial charge on any atom is -0.378 e. The van der Waals surface area contributed by atoms with Gasteiger partial charge in [0.1, 0.15) is 0 Å². The van der Waals surface area contributed by atoms with E-state index in [9.17, 15) is 4.79 Å². The van der Waals surface area contributed by atoms with Crippen molar-refractivity contribution in [2.24, 2.45) is 0 Å². The van der Waals surface area contributed by atoms with Crippen LogP contribution in [0.5, 0.6) is 0 Å². The molecule has 5 rings (SSSR count). The van der Waals surface area contributed by atoms with Crippen LogP contribution in [0.15, 0.2) is 60.3 Å². The number of benzene rings is 2. The monoisotopic (exact) mass is 369 g/mol. The maximum atomic E-state index is 13.0. The quantitative estimate of drug-likeness (QED) is 0.692. The van der Waals surface area contributed by atoms with E-state index in [2.05, 4.69) is 57.7 Å². The molecular weight excluding hydrogens is 346 g/mol. The zero-order valence-corrected chi connectivity index (χ0v) is 16.2. The van der Waals surface area contributed by atoms with Crippen LogP contribution in [-0.4, -0.2) is 24.9 Å². The number of allylic oxidation sites excluding steroid dienone is 1. The van der Waals surface area contributed by atoms with Gasteiger partial charge >= 0.3 is 0 Å². The number of Topliss-reactive ketones (excluding diaryl/α,β-unsaturated/α-hetero) is 1. The normalized spacial score (nSPS) is 18.5. The predicted molar refractivity (Wildman–Crippen MR) is 115 cm³/mol. The number of carbonyl (C=O) groups excluding carboxylic acids is 1. The number of anilines is 2. The molecule has 3 aromatic rings. The molecule has 0 spiro atoms. The van der Waals surface area contributed by atoms with Crippen LogP contribution < -0.4 is 10.2 Å². The second-order valence-electron chi connectivity index (χ2n) is 7.79. The van der Waals surface area contributed by atoms with Gasteiger partial charge in [0.2, 0.25) is 0 Å². The van der Waals surface area contributed by atoms with E-state index in [0.717, 1.165) is 51.8 Å². The summed E-state index contributed by atoms with van der Waals surface area (Å²) >= 11 is 0. The van der Waals surface area contributed by atoms with Crippen molar-refractivity contribution in [3.05, 3.63) is 71.4 Å². The topological polar surface area (TPSA) is 45.2 Å². The van der Waals surface area contributed by atoms with Crippen LogP contribution in [0.2, 0.25) is 0 Å². The molecule has 0 fully saturated rings. The fraction of sp³-hybridized carbons (Fsp3) is 0.250. The van der Waals surface area contributed by atoms with Gasteiger partial charge in [0.15, 0.2) is 5.78 Å². The first-order chi connectivity index (χ1) is 13.6. The number of fused-ring (bicyclic) bond motifs is 4. The van der Waals surface area contributed by atoms with E-state index >= 15 is 0 Å². The molecule has 1 aromatic heterocycles. The van der Waals surface area contributed by atoms with E-state index in [1.54, 1.807) is 0 Å². The highest BCUT2D eigenvalue weighted by Crippen LogP contribution is 2.47. The number of carbonyl (C=O) groups is 1. The second kappa shape index (κ2) is 6.48. The Kier molecular flexibility index (Phi) is 3.93. The van der Waals surface area contributed by atoms with Crippen molar-refractivity contribution in [1.29, 1.82) is 0 Å². The Hall–Kier alpha value is -3.14. The molecule has 0 bridgehead atoms. The lowest BCUT2D eigenvalue weighted by molar-refractivity contribution is -0.116. The Morgan fingerprint density at radius 1 is 1.04 bits per heavy atom. The molecule has 1 atom stereocenters. The van der Waals surface area contributed by atoms with E-state index in [1.165, 1.54) is 5.57 Å².